The highest BCUT2D eigenvalue weighted by atomic mass is 16.4. The molecule has 0 aliphatic carbocycles. The maximum absolute atomic E-state index is 11.5. The quantitative estimate of drug-likeness (QED) is 0.440. The van der Waals surface area contributed by atoms with Crippen molar-refractivity contribution in [2.24, 2.45) is 5.84 Å². The summed E-state index contributed by atoms with van der Waals surface area (Å²) in [7, 11) is 0. The monoisotopic (exact) mass is 283 g/mol. The number of hydrogen-bond donors (Lipinski definition) is 2. The third-order valence-corrected chi connectivity index (χ3v) is 3.64. The largest absolute Gasteiger partial charge is 0.456 e. The number of carbonyl (C=O) groups is 1. The molecule has 3 N–H and O–H groups in total. The fourth-order valence-electron chi connectivity index (χ4n) is 2.50. The van der Waals surface area contributed by atoms with Crippen molar-refractivity contribution in [2.75, 3.05) is 0 Å². The molecule has 0 bridgehead atoms. The molecule has 2 aromatic heterocycles. The van der Waals surface area contributed by atoms with Gasteiger partial charge in [-0.1, -0.05) is 11.6 Å². The smallest absolute Gasteiger partial charge is 0.300 e. The first-order valence-corrected chi connectivity index (χ1v) is 6.74. The van der Waals surface area contributed by atoms with Gasteiger partial charge in [0.1, 0.15) is 5.76 Å². The summed E-state index contributed by atoms with van der Waals surface area (Å²) in [5, 5.41) is 1.20. The molecule has 3 aromatic rings. The predicted octanol–water partition coefficient (Wildman–Crippen LogP) is 2.50. The maximum Gasteiger partial charge on any atom is 0.300 e. The van der Waals surface area contributed by atoms with Crippen molar-refractivity contribution in [3.63, 3.8) is 0 Å². The highest BCUT2D eigenvalue weighted by molar-refractivity contribution is 5.91. The zero-order chi connectivity index (χ0) is 15.0. The molecule has 0 atom stereocenters. The second-order valence-corrected chi connectivity index (χ2v) is 5.17. The first-order valence-electron chi connectivity index (χ1n) is 6.74. The minimum absolute atomic E-state index is 0.234. The van der Waals surface area contributed by atoms with Gasteiger partial charge in [-0.15, -0.1) is 0 Å². The molecule has 3 rings (SSSR count). The second-order valence-electron chi connectivity index (χ2n) is 5.17. The molecular formula is C16H17N3O2. The Labute approximate surface area is 122 Å². The van der Waals surface area contributed by atoms with Gasteiger partial charge >= 0.3 is 5.91 Å². The van der Waals surface area contributed by atoms with Crippen LogP contribution in [0.4, 0.5) is 0 Å². The molecule has 0 unspecified atom stereocenters. The second kappa shape index (κ2) is 5.10. The van der Waals surface area contributed by atoms with Crippen LogP contribution in [0.2, 0.25) is 0 Å². The number of aromatic nitrogens is 1. The standard InChI is InChI=1S/C16H17N3O2/c1-10-3-4-14-12(7-10)5-6-19(14)9-13-8-15(16(20)18-17)21-11(13)2/h3-8H,9,17H2,1-2H3,(H,18,20). The molecule has 0 saturated carbocycles. The molecule has 108 valence electrons. The molecule has 1 aromatic carbocycles. The Hall–Kier alpha value is -2.53. The Bertz CT molecular complexity index is 814. The van der Waals surface area contributed by atoms with Gasteiger partial charge in [-0.25, -0.2) is 5.84 Å². The zero-order valence-corrected chi connectivity index (χ0v) is 12.0. The van der Waals surface area contributed by atoms with Gasteiger partial charge in [0.15, 0.2) is 5.76 Å². The van der Waals surface area contributed by atoms with Crippen LogP contribution in [-0.2, 0) is 6.54 Å². The van der Waals surface area contributed by atoms with Crippen LogP contribution in [0.3, 0.4) is 0 Å². The molecule has 5 heteroatoms. The van der Waals surface area contributed by atoms with Gasteiger partial charge in [0, 0.05) is 17.3 Å². The van der Waals surface area contributed by atoms with E-state index in [2.05, 4.69) is 41.2 Å². The lowest BCUT2D eigenvalue weighted by molar-refractivity contribution is 0.0924. The van der Waals surface area contributed by atoms with Crippen LogP contribution in [0.25, 0.3) is 10.9 Å². The van der Waals surface area contributed by atoms with E-state index >= 15 is 0 Å². The topological polar surface area (TPSA) is 73.2 Å². The molecule has 0 aliphatic rings. The Morgan fingerprint density at radius 1 is 1.29 bits per heavy atom. The SMILES string of the molecule is Cc1ccc2c(ccn2Cc2cc(C(=O)NN)oc2C)c1. The van der Waals surface area contributed by atoms with Crippen molar-refractivity contribution in [1.82, 2.24) is 9.99 Å². The van der Waals surface area contributed by atoms with Crippen LogP contribution in [0.15, 0.2) is 40.9 Å². The summed E-state index contributed by atoms with van der Waals surface area (Å²) >= 11 is 0. The number of amides is 1. The van der Waals surface area contributed by atoms with Crippen LogP contribution in [0.1, 0.15) is 27.4 Å². The minimum Gasteiger partial charge on any atom is -0.456 e. The minimum atomic E-state index is -0.419. The number of hydrazine groups is 1. The van der Waals surface area contributed by atoms with Gasteiger partial charge in [0.05, 0.1) is 6.54 Å². The lowest BCUT2D eigenvalue weighted by Crippen LogP contribution is -2.29. The van der Waals surface area contributed by atoms with Crippen LogP contribution < -0.4 is 11.3 Å². The zero-order valence-electron chi connectivity index (χ0n) is 12.0. The molecule has 0 aliphatic heterocycles. The van der Waals surface area contributed by atoms with Gasteiger partial charge in [-0.05, 0) is 43.5 Å². The van der Waals surface area contributed by atoms with Gasteiger partial charge in [0.2, 0.25) is 0 Å². The summed E-state index contributed by atoms with van der Waals surface area (Å²) in [6, 6.07) is 10.2. The van der Waals surface area contributed by atoms with Crippen molar-refractivity contribution in [1.29, 1.82) is 0 Å². The van der Waals surface area contributed by atoms with E-state index in [0.29, 0.717) is 6.54 Å². The van der Waals surface area contributed by atoms with E-state index in [-0.39, 0.29) is 5.76 Å². The molecular weight excluding hydrogens is 266 g/mol. The molecule has 2 heterocycles. The summed E-state index contributed by atoms with van der Waals surface area (Å²) in [6.45, 7) is 4.58. The predicted molar refractivity (Wildman–Crippen MR) is 80.9 cm³/mol. The van der Waals surface area contributed by atoms with Crippen molar-refractivity contribution in [2.45, 2.75) is 20.4 Å². The number of benzene rings is 1. The summed E-state index contributed by atoms with van der Waals surface area (Å²) in [5.41, 5.74) is 5.44. The van der Waals surface area contributed by atoms with Gasteiger partial charge in [-0.3, -0.25) is 10.2 Å². The van der Waals surface area contributed by atoms with Crippen LogP contribution in [0.5, 0.6) is 0 Å². The lowest BCUT2D eigenvalue weighted by atomic mass is 10.2. The molecule has 0 fully saturated rings. The maximum atomic E-state index is 11.5. The fraction of sp³-hybridized carbons (Fsp3) is 0.188. The van der Waals surface area contributed by atoms with E-state index in [9.17, 15) is 4.79 Å². The van der Waals surface area contributed by atoms with Crippen molar-refractivity contribution < 1.29 is 9.21 Å². The fourth-order valence-corrected chi connectivity index (χ4v) is 2.50. The highest BCUT2D eigenvalue weighted by Gasteiger charge is 2.14. The van der Waals surface area contributed by atoms with Crippen LogP contribution in [-0.4, -0.2) is 10.5 Å². The van der Waals surface area contributed by atoms with Crippen molar-refractivity contribution in [3.8, 4) is 0 Å². The average Bonchev–Trinajstić information content (AvgIpc) is 3.03. The number of nitrogen functional groups attached to an aromatic ring is 1. The Morgan fingerprint density at radius 2 is 2.10 bits per heavy atom. The number of furan rings is 1. The third kappa shape index (κ3) is 2.43. The molecule has 0 radical (unpaired) electrons. The van der Waals surface area contributed by atoms with E-state index in [1.807, 2.05) is 13.1 Å². The molecule has 5 nitrogen and oxygen atoms in total. The van der Waals surface area contributed by atoms with E-state index < -0.39 is 5.91 Å². The van der Waals surface area contributed by atoms with Gasteiger partial charge in [0.25, 0.3) is 0 Å². The summed E-state index contributed by atoms with van der Waals surface area (Å²) in [4.78, 5) is 11.5. The van der Waals surface area contributed by atoms with Crippen molar-refractivity contribution in [3.05, 3.63) is 59.2 Å². The number of nitrogens with one attached hydrogen (secondary N) is 1. The number of nitrogens with zero attached hydrogens (tertiary/aromatic N) is 1. The Kier molecular flexibility index (Phi) is 3.27. The van der Waals surface area contributed by atoms with Crippen LogP contribution in [0, 0.1) is 13.8 Å². The Morgan fingerprint density at radius 3 is 2.86 bits per heavy atom. The number of carbonyl (C=O) groups excluding carboxylic acids is 1. The summed E-state index contributed by atoms with van der Waals surface area (Å²) in [6.07, 6.45) is 2.04. The number of nitrogens with two attached hydrogens (primary N) is 1. The van der Waals surface area contributed by atoms with Crippen molar-refractivity contribution >= 4 is 16.8 Å². The normalized spacial score (nSPS) is 11.0. The van der Waals surface area contributed by atoms with Gasteiger partial charge in [-0.2, -0.15) is 0 Å². The highest BCUT2D eigenvalue weighted by Crippen LogP contribution is 2.21. The first kappa shape index (κ1) is 13.5. The molecule has 0 spiro atoms. The number of fused-ring (bicyclic) bond motifs is 1. The first-order chi connectivity index (χ1) is 10.1. The van der Waals surface area contributed by atoms with Crippen LogP contribution >= 0.6 is 0 Å². The van der Waals surface area contributed by atoms with E-state index in [4.69, 9.17) is 10.3 Å². The number of aryl methyl sites for hydroxylation is 2. The number of hydrogen-bond acceptors (Lipinski definition) is 3. The summed E-state index contributed by atoms with van der Waals surface area (Å²) in [5.74, 6) is 5.66. The molecule has 21 heavy (non-hydrogen) atoms. The van der Waals surface area contributed by atoms with E-state index in [0.717, 1.165) is 16.8 Å². The summed E-state index contributed by atoms with van der Waals surface area (Å²) < 4.78 is 7.58. The average molecular weight is 283 g/mol. The third-order valence-electron chi connectivity index (χ3n) is 3.64. The molecule has 0 saturated heterocycles. The van der Waals surface area contributed by atoms with E-state index in [1.165, 1.54) is 10.9 Å². The van der Waals surface area contributed by atoms with E-state index in [1.54, 1.807) is 6.07 Å². The lowest BCUT2D eigenvalue weighted by Gasteiger charge is -2.04. The number of rotatable bonds is 3. The van der Waals surface area contributed by atoms with Gasteiger partial charge < -0.3 is 8.98 Å². The Balaban J connectivity index is 1.95. The molecule has 1 amide bonds.